The molecule has 0 aromatic heterocycles. The first kappa shape index (κ1) is 18.4. The molecule has 1 saturated heterocycles. The van der Waals surface area contributed by atoms with Gasteiger partial charge in [0.15, 0.2) is 0 Å². The maximum absolute atomic E-state index is 6.45. The third-order valence-corrected chi connectivity index (χ3v) is 6.50. The van der Waals surface area contributed by atoms with E-state index in [-0.39, 0.29) is 11.2 Å². The molecule has 5 rings (SSSR count). The Hall–Kier alpha value is -2.62. The quantitative estimate of drug-likeness (QED) is 0.400. The molecule has 0 atom stereocenters. The molecule has 3 heteroatoms. The lowest BCUT2D eigenvalue weighted by Crippen LogP contribution is -2.41. The van der Waals surface area contributed by atoms with Crippen LogP contribution >= 0.6 is 0 Å². The standard InChI is InChI=1S/C26H25BO2/c1-25(2)26(3,4)29-27(28-25)24-17-20-12-6-5-11-19(20)16-23(24)22-15-9-13-18-10-7-8-14-21(18)22/h5-17H,1-4H3. The molecule has 4 aromatic rings. The molecule has 0 bridgehead atoms. The zero-order valence-electron chi connectivity index (χ0n) is 17.4. The Morgan fingerprint density at radius 2 is 1.14 bits per heavy atom. The summed E-state index contributed by atoms with van der Waals surface area (Å²) in [7, 11) is -0.404. The molecule has 0 saturated carbocycles. The van der Waals surface area contributed by atoms with E-state index in [0.29, 0.717) is 0 Å². The molecule has 29 heavy (non-hydrogen) atoms. The second-order valence-electron chi connectivity index (χ2n) is 8.90. The third-order valence-electron chi connectivity index (χ3n) is 6.50. The minimum Gasteiger partial charge on any atom is -0.399 e. The number of benzene rings is 4. The summed E-state index contributed by atoms with van der Waals surface area (Å²) in [6, 6.07) is 28.0. The summed E-state index contributed by atoms with van der Waals surface area (Å²) >= 11 is 0. The molecule has 0 radical (unpaired) electrons. The minimum absolute atomic E-state index is 0.376. The van der Waals surface area contributed by atoms with Gasteiger partial charge in [-0.15, -0.1) is 0 Å². The predicted molar refractivity (Wildman–Crippen MR) is 123 cm³/mol. The molecule has 1 heterocycles. The van der Waals surface area contributed by atoms with Crippen molar-refractivity contribution in [2.24, 2.45) is 0 Å². The molecule has 0 N–H and O–H groups in total. The number of hydrogen-bond donors (Lipinski definition) is 0. The van der Waals surface area contributed by atoms with Crippen molar-refractivity contribution in [2.45, 2.75) is 38.9 Å². The van der Waals surface area contributed by atoms with E-state index < -0.39 is 7.12 Å². The summed E-state index contributed by atoms with van der Waals surface area (Å²) in [6.45, 7) is 8.41. The second-order valence-corrected chi connectivity index (χ2v) is 8.90. The molecular weight excluding hydrogens is 355 g/mol. The Morgan fingerprint density at radius 1 is 0.586 bits per heavy atom. The topological polar surface area (TPSA) is 18.5 Å². The molecule has 144 valence electrons. The van der Waals surface area contributed by atoms with Gasteiger partial charge in [-0.25, -0.2) is 0 Å². The van der Waals surface area contributed by atoms with Crippen molar-refractivity contribution in [2.75, 3.05) is 0 Å². The van der Waals surface area contributed by atoms with Crippen molar-refractivity contribution in [3.05, 3.63) is 78.9 Å². The Morgan fingerprint density at radius 3 is 1.83 bits per heavy atom. The SMILES string of the molecule is CC1(C)OB(c2cc3ccccc3cc2-c2cccc3ccccc23)OC1(C)C. The van der Waals surface area contributed by atoms with Gasteiger partial charge in [0.2, 0.25) is 0 Å². The lowest BCUT2D eigenvalue weighted by molar-refractivity contribution is 0.00578. The fourth-order valence-electron chi connectivity index (χ4n) is 4.12. The van der Waals surface area contributed by atoms with E-state index in [2.05, 4.69) is 107 Å². The van der Waals surface area contributed by atoms with Crippen LogP contribution < -0.4 is 5.46 Å². The van der Waals surface area contributed by atoms with Gasteiger partial charge in [-0.05, 0) is 71.9 Å². The first-order chi connectivity index (χ1) is 13.9. The number of fused-ring (bicyclic) bond motifs is 2. The van der Waals surface area contributed by atoms with Crippen LogP contribution in [0.1, 0.15) is 27.7 Å². The largest absolute Gasteiger partial charge is 0.495 e. The Labute approximate surface area is 172 Å². The van der Waals surface area contributed by atoms with E-state index >= 15 is 0 Å². The van der Waals surface area contributed by atoms with E-state index in [1.807, 2.05) is 0 Å². The zero-order valence-corrected chi connectivity index (χ0v) is 17.4. The summed E-state index contributed by atoms with van der Waals surface area (Å²) in [5.41, 5.74) is 2.70. The Kier molecular flexibility index (Phi) is 4.09. The Bertz CT molecular complexity index is 1200. The van der Waals surface area contributed by atoms with Crippen molar-refractivity contribution in [3.63, 3.8) is 0 Å². The van der Waals surface area contributed by atoms with Gasteiger partial charge in [0.05, 0.1) is 11.2 Å². The summed E-state index contributed by atoms with van der Waals surface area (Å²) in [5, 5.41) is 4.89. The lowest BCUT2D eigenvalue weighted by atomic mass is 9.73. The van der Waals surface area contributed by atoms with Crippen LogP contribution in [0.3, 0.4) is 0 Å². The molecule has 0 aliphatic carbocycles. The van der Waals surface area contributed by atoms with E-state index in [0.717, 1.165) is 5.46 Å². The van der Waals surface area contributed by atoms with E-state index in [4.69, 9.17) is 9.31 Å². The molecule has 2 nitrogen and oxygen atoms in total. The Balaban J connectivity index is 1.78. The molecular formula is C26H25BO2. The maximum Gasteiger partial charge on any atom is 0.495 e. The van der Waals surface area contributed by atoms with Crippen molar-refractivity contribution in [3.8, 4) is 11.1 Å². The summed E-state index contributed by atoms with van der Waals surface area (Å²) < 4.78 is 12.9. The average Bonchev–Trinajstić information content (AvgIpc) is 2.93. The van der Waals surface area contributed by atoms with E-state index in [9.17, 15) is 0 Å². The fourth-order valence-corrected chi connectivity index (χ4v) is 4.12. The van der Waals surface area contributed by atoms with Gasteiger partial charge in [-0.2, -0.15) is 0 Å². The number of rotatable bonds is 2. The van der Waals surface area contributed by atoms with Crippen LogP contribution in [0.15, 0.2) is 78.9 Å². The van der Waals surface area contributed by atoms with Crippen LogP contribution in [0.5, 0.6) is 0 Å². The first-order valence-corrected chi connectivity index (χ1v) is 10.2. The first-order valence-electron chi connectivity index (χ1n) is 10.2. The lowest BCUT2D eigenvalue weighted by Gasteiger charge is -2.32. The van der Waals surface area contributed by atoms with Crippen LogP contribution in [0, 0.1) is 0 Å². The van der Waals surface area contributed by atoms with E-state index in [1.165, 1.54) is 32.7 Å². The van der Waals surface area contributed by atoms with Gasteiger partial charge in [0, 0.05) is 0 Å². The predicted octanol–water partition coefficient (Wildman–Crippen LogP) is 5.96. The van der Waals surface area contributed by atoms with Crippen molar-refractivity contribution >= 4 is 34.1 Å². The van der Waals surface area contributed by atoms with E-state index in [1.54, 1.807) is 0 Å². The highest BCUT2D eigenvalue weighted by Crippen LogP contribution is 2.38. The second kappa shape index (κ2) is 6.45. The van der Waals surface area contributed by atoms with Crippen LogP contribution in [0.2, 0.25) is 0 Å². The minimum atomic E-state index is -0.404. The van der Waals surface area contributed by atoms with Gasteiger partial charge in [0.25, 0.3) is 0 Å². The summed E-state index contributed by atoms with van der Waals surface area (Å²) in [6.07, 6.45) is 0. The van der Waals surface area contributed by atoms with Crippen LogP contribution in [0.25, 0.3) is 32.7 Å². The van der Waals surface area contributed by atoms with Crippen LogP contribution in [-0.4, -0.2) is 18.3 Å². The van der Waals surface area contributed by atoms with Gasteiger partial charge in [0.1, 0.15) is 0 Å². The molecule has 4 aromatic carbocycles. The monoisotopic (exact) mass is 380 g/mol. The number of hydrogen-bond acceptors (Lipinski definition) is 2. The van der Waals surface area contributed by atoms with Gasteiger partial charge in [-0.1, -0.05) is 72.8 Å². The van der Waals surface area contributed by atoms with Crippen molar-refractivity contribution in [1.29, 1.82) is 0 Å². The average molecular weight is 380 g/mol. The highest BCUT2D eigenvalue weighted by Gasteiger charge is 2.52. The highest BCUT2D eigenvalue weighted by atomic mass is 16.7. The molecule has 1 aliphatic rings. The third kappa shape index (κ3) is 2.97. The smallest absolute Gasteiger partial charge is 0.399 e. The van der Waals surface area contributed by atoms with Crippen LogP contribution in [0.4, 0.5) is 0 Å². The molecule has 1 fully saturated rings. The highest BCUT2D eigenvalue weighted by molar-refractivity contribution is 6.64. The molecule has 0 amide bonds. The summed E-state index contributed by atoms with van der Waals surface area (Å²) in [5.74, 6) is 0. The van der Waals surface area contributed by atoms with Crippen molar-refractivity contribution in [1.82, 2.24) is 0 Å². The normalized spacial score (nSPS) is 17.9. The maximum atomic E-state index is 6.45. The van der Waals surface area contributed by atoms with Gasteiger partial charge in [-0.3, -0.25) is 0 Å². The van der Waals surface area contributed by atoms with Crippen LogP contribution in [-0.2, 0) is 9.31 Å². The molecule has 1 aliphatic heterocycles. The molecule has 0 spiro atoms. The van der Waals surface area contributed by atoms with Gasteiger partial charge >= 0.3 is 7.12 Å². The molecule has 0 unspecified atom stereocenters. The van der Waals surface area contributed by atoms with Gasteiger partial charge < -0.3 is 9.31 Å². The summed E-state index contributed by atoms with van der Waals surface area (Å²) in [4.78, 5) is 0. The fraction of sp³-hybridized carbons (Fsp3) is 0.231. The zero-order chi connectivity index (χ0) is 20.2. The van der Waals surface area contributed by atoms with Crippen molar-refractivity contribution < 1.29 is 9.31 Å².